The van der Waals surface area contributed by atoms with Gasteiger partial charge in [0.1, 0.15) is 0 Å². The lowest BCUT2D eigenvalue weighted by atomic mass is 9.99. The summed E-state index contributed by atoms with van der Waals surface area (Å²) in [4.78, 5) is 18.4. The van der Waals surface area contributed by atoms with Crippen molar-refractivity contribution in [3.63, 3.8) is 0 Å². The molecule has 1 aromatic heterocycles. The van der Waals surface area contributed by atoms with E-state index in [-0.39, 0.29) is 5.91 Å². The van der Waals surface area contributed by atoms with Crippen LogP contribution in [0.4, 0.5) is 5.69 Å². The quantitative estimate of drug-likeness (QED) is 0.781. The highest BCUT2D eigenvalue weighted by molar-refractivity contribution is 6.06. The number of hydrogen-bond acceptors (Lipinski definition) is 2. The van der Waals surface area contributed by atoms with Gasteiger partial charge in [-0.05, 0) is 43.5 Å². The van der Waals surface area contributed by atoms with Crippen LogP contribution < -0.4 is 4.90 Å². The first-order valence-corrected chi connectivity index (χ1v) is 6.57. The Kier molecular flexibility index (Phi) is 3.03. The van der Waals surface area contributed by atoms with E-state index >= 15 is 0 Å². The summed E-state index contributed by atoms with van der Waals surface area (Å²) in [6.45, 7) is 2.87. The Labute approximate surface area is 112 Å². The molecule has 1 aliphatic rings. The Morgan fingerprint density at radius 2 is 2.21 bits per heavy atom. The van der Waals surface area contributed by atoms with Crippen LogP contribution in [0.2, 0.25) is 0 Å². The summed E-state index contributed by atoms with van der Waals surface area (Å²) in [6.07, 6.45) is 5.38. The van der Waals surface area contributed by atoms with Gasteiger partial charge in [0.2, 0.25) is 0 Å². The van der Waals surface area contributed by atoms with Crippen molar-refractivity contribution >= 4 is 11.6 Å². The number of hydrogen-bond donors (Lipinski definition) is 0. The molecular formula is C16H16N2O. The highest BCUT2D eigenvalue weighted by Crippen LogP contribution is 2.29. The molecule has 0 spiro atoms. The van der Waals surface area contributed by atoms with Crippen molar-refractivity contribution in [2.24, 2.45) is 0 Å². The van der Waals surface area contributed by atoms with Crippen LogP contribution in [0.5, 0.6) is 0 Å². The number of pyridine rings is 1. The van der Waals surface area contributed by atoms with Crippen LogP contribution in [-0.2, 0) is 6.42 Å². The molecule has 0 aliphatic carbocycles. The Bertz CT molecular complexity index is 607. The fraction of sp³-hybridized carbons (Fsp3) is 0.250. The average molecular weight is 252 g/mol. The lowest BCUT2D eigenvalue weighted by Gasteiger charge is -2.29. The molecule has 0 saturated heterocycles. The summed E-state index contributed by atoms with van der Waals surface area (Å²) in [6, 6.07) is 9.91. The fourth-order valence-electron chi connectivity index (χ4n) is 2.58. The number of amides is 1. The first kappa shape index (κ1) is 11.9. The van der Waals surface area contributed by atoms with E-state index in [9.17, 15) is 4.79 Å². The molecule has 0 saturated carbocycles. The van der Waals surface area contributed by atoms with Crippen LogP contribution in [0.15, 0.2) is 42.7 Å². The third-order valence-corrected chi connectivity index (χ3v) is 3.51. The standard InChI is InChI=1S/C16H16N2O/c1-12-6-7-15-13(10-12)5-3-9-18(15)16(19)14-4-2-8-17-11-14/h2,4,6-8,10-11H,3,5,9H2,1H3. The number of aryl methyl sites for hydroxylation is 2. The molecule has 96 valence electrons. The maximum atomic E-state index is 12.5. The fourth-order valence-corrected chi connectivity index (χ4v) is 2.58. The molecule has 19 heavy (non-hydrogen) atoms. The molecule has 0 N–H and O–H groups in total. The van der Waals surface area contributed by atoms with Crippen LogP contribution in [0.25, 0.3) is 0 Å². The zero-order chi connectivity index (χ0) is 13.2. The van der Waals surface area contributed by atoms with E-state index in [4.69, 9.17) is 0 Å². The third-order valence-electron chi connectivity index (χ3n) is 3.51. The average Bonchev–Trinajstić information content (AvgIpc) is 2.46. The van der Waals surface area contributed by atoms with Crippen LogP contribution >= 0.6 is 0 Å². The summed E-state index contributed by atoms with van der Waals surface area (Å²) >= 11 is 0. The van der Waals surface area contributed by atoms with Crippen molar-refractivity contribution in [1.29, 1.82) is 0 Å². The monoisotopic (exact) mass is 252 g/mol. The Morgan fingerprint density at radius 3 is 3.00 bits per heavy atom. The predicted octanol–water partition coefficient (Wildman–Crippen LogP) is 2.98. The summed E-state index contributed by atoms with van der Waals surface area (Å²) in [5.41, 5.74) is 4.21. The molecule has 0 atom stereocenters. The van der Waals surface area contributed by atoms with Crippen molar-refractivity contribution in [3.8, 4) is 0 Å². The Morgan fingerprint density at radius 1 is 1.32 bits per heavy atom. The van der Waals surface area contributed by atoms with Crippen LogP contribution in [-0.4, -0.2) is 17.4 Å². The van der Waals surface area contributed by atoms with Crippen molar-refractivity contribution in [1.82, 2.24) is 4.98 Å². The number of aromatic nitrogens is 1. The van der Waals surface area contributed by atoms with Gasteiger partial charge >= 0.3 is 0 Å². The first-order chi connectivity index (χ1) is 9.25. The number of nitrogens with zero attached hydrogens (tertiary/aromatic N) is 2. The number of carbonyl (C=O) groups excluding carboxylic acids is 1. The first-order valence-electron chi connectivity index (χ1n) is 6.57. The minimum atomic E-state index is 0.0397. The van der Waals surface area contributed by atoms with Gasteiger partial charge in [0.15, 0.2) is 0 Å². The lowest BCUT2D eigenvalue weighted by molar-refractivity contribution is 0.0985. The zero-order valence-corrected chi connectivity index (χ0v) is 11.0. The van der Waals surface area contributed by atoms with Gasteiger partial charge in [0.05, 0.1) is 5.56 Å². The molecule has 2 aromatic rings. The molecule has 1 aromatic carbocycles. The molecule has 1 aliphatic heterocycles. The van der Waals surface area contributed by atoms with Gasteiger partial charge in [-0.3, -0.25) is 9.78 Å². The molecule has 3 heteroatoms. The number of rotatable bonds is 1. The summed E-state index contributed by atoms with van der Waals surface area (Å²) in [5, 5.41) is 0. The molecule has 0 radical (unpaired) electrons. The SMILES string of the molecule is Cc1ccc2c(c1)CCCN2C(=O)c1cccnc1. The van der Waals surface area contributed by atoms with Gasteiger partial charge < -0.3 is 4.90 Å². The molecule has 3 rings (SSSR count). The number of fused-ring (bicyclic) bond motifs is 1. The maximum absolute atomic E-state index is 12.5. The predicted molar refractivity (Wildman–Crippen MR) is 75.4 cm³/mol. The minimum Gasteiger partial charge on any atom is -0.308 e. The lowest BCUT2D eigenvalue weighted by Crippen LogP contribution is -2.35. The molecule has 2 heterocycles. The van der Waals surface area contributed by atoms with Crippen molar-refractivity contribution in [2.45, 2.75) is 19.8 Å². The highest BCUT2D eigenvalue weighted by Gasteiger charge is 2.23. The van der Waals surface area contributed by atoms with Gasteiger partial charge in [-0.15, -0.1) is 0 Å². The second-order valence-electron chi connectivity index (χ2n) is 4.93. The van der Waals surface area contributed by atoms with Crippen LogP contribution in [0.1, 0.15) is 27.9 Å². The normalized spacial score (nSPS) is 14.1. The summed E-state index contributed by atoms with van der Waals surface area (Å²) < 4.78 is 0. The van der Waals surface area contributed by atoms with Gasteiger partial charge in [0.25, 0.3) is 5.91 Å². The summed E-state index contributed by atoms with van der Waals surface area (Å²) in [5.74, 6) is 0.0397. The number of anilines is 1. The van der Waals surface area contributed by atoms with Gasteiger partial charge in [-0.1, -0.05) is 17.7 Å². The second-order valence-corrected chi connectivity index (χ2v) is 4.93. The molecule has 0 bridgehead atoms. The number of carbonyl (C=O) groups is 1. The maximum Gasteiger partial charge on any atom is 0.259 e. The van der Waals surface area contributed by atoms with E-state index in [0.29, 0.717) is 5.56 Å². The van der Waals surface area contributed by atoms with E-state index in [1.807, 2.05) is 11.0 Å². The van der Waals surface area contributed by atoms with Crippen LogP contribution in [0, 0.1) is 6.92 Å². The van der Waals surface area contributed by atoms with E-state index in [0.717, 1.165) is 25.1 Å². The minimum absolute atomic E-state index is 0.0397. The van der Waals surface area contributed by atoms with E-state index < -0.39 is 0 Å². The van der Waals surface area contributed by atoms with Gasteiger partial charge in [-0.25, -0.2) is 0 Å². The van der Waals surface area contributed by atoms with Crippen LogP contribution in [0.3, 0.4) is 0 Å². The molecule has 3 nitrogen and oxygen atoms in total. The van der Waals surface area contributed by atoms with Gasteiger partial charge in [-0.2, -0.15) is 0 Å². The van der Waals surface area contributed by atoms with Crippen molar-refractivity contribution in [3.05, 3.63) is 59.4 Å². The molecule has 1 amide bonds. The third kappa shape index (κ3) is 2.24. The zero-order valence-electron chi connectivity index (χ0n) is 11.0. The molecular weight excluding hydrogens is 236 g/mol. The summed E-state index contributed by atoms with van der Waals surface area (Å²) in [7, 11) is 0. The largest absolute Gasteiger partial charge is 0.308 e. The second kappa shape index (κ2) is 4.84. The van der Waals surface area contributed by atoms with Crippen molar-refractivity contribution in [2.75, 3.05) is 11.4 Å². The highest BCUT2D eigenvalue weighted by atomic mass is 16.2. The van der Waals surface area contributed by atoms with Crippen molar-refractivity contribution < 1.29 is 4.79 Å². The Hall–Kier alpha value is -2.16. The van der Waals surface area contributed by atoms with E-state index in [1.165, 1.54) is 11.1 Å². The Balaban J connectivity index is 1.98. The smallest absolute Gasteiger partial charge is 0.259 e. The molecule has 0 fully saturated rings. The molecule has 0 unspecified atom stereocenters. The van der Waals surface area contributed by atoms with E-state index in [1.54, 1.807) is 18.5 Å². The van der Waals surface area contributed by atoms with E-state index in [2.05, 4.69) is 30.1 Å². The van der Waals surface area contributed by atoms with Gasteiger partial charge in [0, 0.05) is 24.6 Å². The topological polar surface area (TPSA) is 33.2 Å². The number of benzene rings is 1.